The van der Waals surface area contributed by atoms with Crippen molar-refractivity contribution in [2.75, 3.05) is 24.3 Å². The normalized spacial score (nSPS) is 13.2. The maximum absolute atomic E-state index is 13.0. The molecule has 0 radical (unpaired) electrons. The van der Waals surface area contributed by atoms with E-state index in [2.05, 4.69) is 10.6 Å². The second-order valence-electron chi connectivity index (χ2n) is 6.70. The van der Waals surface area contributed by atoms with Crippen molar-refractivity contribution in [3.05, 3.63) is 59.4 Å². The monoisotopic (exact) mass is 355 g/mol. The summed E-state index contributed by atoms with van der Waals surface area (Å²) in [6.07, 6.45) is 1.85. The average molecular weight is 355 g/mol. The maximum atomic E-state index is 13.0. The van der Waals surface area contributed by atoms with Crippen molar-refractivity contribution in [1.29, 1.82) is 0 Å². The number of nitrogens with zero attached hydrogens (tertiary/aromatic N) is 1. The SMILES string of the molecule is CN(C)c1ccc(NC(=O)C2CC2)cc1C(=O)NCc1ccc(F)cc1. The molecule has 0 spiro atoms. The highest BCUT2D eigenvalue weighted by Gasteiger charge is 2.29. The zero-order chi connectivity index (χ0) is 18.7. The third kappa shape index (κ3) is 4.39. The molecule has 2 aromatic rings. The van der Waals surface area contributed by atoms with Gasteiger partial charge in [0.15, 0.2) is 0 Å². The van der Waals surface area contributed by atoms with E-state index >= 15 is 0 Å². The topological polar surface area (TPSA) is 61.4 Å². The zero-order valence-electron chi connectivity index (χ0n) is 14.9. The van der Waals surface area contributed by atoms with E-state index in [4.69, 9.17) is 0 Å². The highest BCUT2D eigenvalue weighted by Crippen LogP contribution is 2.31. The van der Waals surface area contributed by atoms with Crippen LogP contribution in [0.5, 0.6) is 0 Å². The summed E-state index contributed by atoms with van der Waals surface area (Å²) in [5, 5.41) is 5.71. The van der Waals surface area contributed by atoms with Gasteiger partial charge in [0.25, 0.3) is 5.91 Å². The smallest absolute Gasteiger partial charge is 0.253 e. The first-order chi connectivity index (χ1) is 12.4. The fourth-order valence-electron chi connectivity index (χ4n) is 2.66. The van der Waals surface area contributed by atoms with Gasteiger partial charge in [-0.15, -0.1) is 0 Å². The average Bonchev–Trinajstić information content (AvgIpc) is 3.46. The third-order valence-corrected chi connectivity index (χ3v) is 4.30. The molecule has 136 valence electrons. The second kappa shape index (κ2) is 7.56. The Bertz CT molecular complexity index is 814. The lowest BCUT2D eigenvalue weighted by Gasteiger charge is -2.18. The summed E-state index contributed by atoms with van der Waals surface area (Å²) in [5.74, 6) is -0.464. The van der Waals surface area contributed by atoms with Crippen molar-refractivity contribution in [2.45, 2.75) is 19.4 Å². The van der Waals surface area contributed by atoms with Gasteiger partial charge >= 0.3 is 0 Å². The molecule has 0 saturated heterocycles. The van der Waals surface area contributed by atoms with E-state index in [1.165, 1.54) is 12.1 Å². The first kappa shape index (κ1) is 17.9. The van der Waals surface area contributed by atoms with Gasteiger partial charge < -0.3 is 15.5 Å². The number of halogens is 1. The summed E-state index contributed by atoms with van der Waals surface area (Å²) in [7, 11) is 3.71. The van der Waals surface area contributed by atoms with E-state index in [9.17, 15) is 14.0 Å². The van der Waals surface area contributed by atoms with Crippen molar-refractivity contribution in [3.63, 3.8) is 0 Å². The van der Waals surface area contributed by atoms with Crippen LogP contribution in [0.1, 0.15) is 28.8 Å². The first-order valence-corrected chi connectivity index (χ1v) is 8.59. The number of rotatable bonds is 6. The van der Waals surface area contributed by atoms with Crippen molar-refractivity contribution >= 4 is 23.2 Å². The number of benzene rings is 2. The molecule has 5 nitrogen and oxygen atoms in total. The number of anilines is 2. The van der Waals surface area contributed by atoms with Gasteiger partial charge in [-0.1, -0.05) is 12.1 Å². The second-order valence-corrected chi connectivity index (χ2v) is 6.70. The van der Waals surface area contributed by atoms with Crippen LogP contribution in [0.25, 0.3) is 0 Å². The van der Waals surface area contributed by atoms with Crippen LogP contribution < -0.4 is 15.5 Å². The quantitative estimate of drug-likeness (QED) is 0.837. The van der Waals surface area contributed by atoms with Crippen LogP contribution >= 0.6 is 0 Å². The molecule has 0 unspecified atom stereocenters. The molecule has 1 fully saturated rings. The van der Waals surface area contributed by atoms with Crippen molar-refractivity contribution in [3.8, 4) is 0 Å². The van der Waals surface area contributed by atoms with Crippen LogP contribution in [0.3, 0.4) is 0 Å². The molecule has 0 aliphatic heterocycles. The van der Waals surface area contributed by atoms with Crippen LogP contribution in [0.2, 0.25) is 0 Å². The minimum atomic E-state index is -0.311. The Morgan fingerprint density at radius 3 is 2.42 bits per heavy atom. The van der Waals surface area contributed by atoms with Crippen molar-refractivity contribution in [1.82, 2.24) is 5.32 Å². The Labute approximate surface area is 152 Å². The largest absolute Gasteiger partial charge is 0.377 e. The summed E-state index contributed by atoms with van der Waals surface area (Å²) >= 11 is 0. The zero-order valence-corrected chi connectivity index (χ0v) is 14.9. The molecule has 2 aromatic carbocycles. The van der Waals surface area contributed by atoms with E-state index in [0.29, 0.717) is 17.8 Å². The highest BCUT2D eigenvalue weighted by atomic mass is 19.1. The molecular formula is C20H22FN3O2. The van der Waals surface area contributed by atoms with Gasteiger partial charge in [-0.3, -0.25) is 9.59 Å². The number of carbonyl (C=O) groups excluding carboxylic acids is 2. The molecule has 2 N–H and O–H groups in total. The molecule has 1 saturated carbocycles. The Hall–Kier alpha value is -2.89. The summed E-state index contributed by atoms with van der Waals surface area (Å²) in [6.45, 7) is 0.296. The molecule has 6 heteroatoms. The van der Waals surface area contributed by atoms with Crippen LogP contribution in [-0.2, 0) is 11.3 Å². The Morgan fingerprint density at radius 1 is 1.12 bits per heavy atom. The van der Waals surface area contributed by atoms with E-state index < -0.39 is 0 Å². The van der Waals surface area contributed by atoms with Gasteiger partial charge in [0, 0.05) is 37.9 Å². The minimum absolute atomic E-state index is 0.000253. The lowest BCUT2D eigenvalue weighted by atomic mass is 10.1. The summed E-state index contributed by atoms with van der Waals surface area (Å²) in [4.78, 5) is 26.5. The first-order valence-electron chi connectivity index (χ1n) is 8.59. The van der Waals surface area contributed by atoms with E-state index in [1.54, 1.807) is 24.3 Å². The molecule has 0 atom stereocenters. The summed E-state index contributed by atoms with van der Waals surface area (Å²) < 4.78 is 13.0. The number of nitrogens with one attached hydrogen (secondary N) is 2. The molecule has 0 bridgehead atoms. The molecule has 26 heavy (non-hydrogen) atoms. The lowest BCUT2D eigenvalue weighted by Crippen LogP contribution is -2.26. The number of carbonyl (C=O) groups is 2. The molecular weight excluding hydrogens is 333 g/mol. The third-order valence-electron chi connectivity index (χ3n) is 4.30. The predicted molar refractivity (Wildman–Crippen MR) is 99.7 cm³/mol. The number of hydrogen-bond donors (Lipinski definition) is 2. The minimum Gasteiger partial charge on any atom is -0.377 e. The molecule has 1 aliphatic rings. The van der Waals surface area contributed by atoms with E-state index in [1.807, 2.05) is 25.1 Å². The standard InChI is InChI=1S/C20H22FN3O2/c1-24(2)18-10-9-16(23-19(25)14-5-6-14)11-17(18)20(26)22-12-13-3-7-15(21)8-4-13/h3-4,7-11,14H,5-6,12H2,1-2H3,(H,22,26)(H,23,25). The molecule has 3 rings (SSSR count). The van der Waals surface area contributed by atoms with Gasteiger partial charge in [-0.25, -0.2) is 4.39 Å². The summed E-state index contributed by atoms with van der Waals surface area (Å²) in [5.41, 5.74) is 2.65. The molecule has 2 amide bonds. The fraction of sp³-hybridized carbons (Fsp3) is 0.300. The Kier molecular flexibility index (Phi) is 5.21. The van der Waals surface area contributed by atoms with E-state index in [0.717, 1.165) is 24.1 Å². The van der Waals surface area contributed by atoms with Crippen molar-refractivity contribution < 1.29 is 14.0 Å². The van der Waals surface area contributed by atoms with Gasteiger partial charge in [0.05, 0.1) is 5.56 Å². The van der Waals surface area contributed by atoms with Crippen LogP contribution in [0, 0.1) is 11.7 Å². The number of hydrogen-bond acceptors (Lipinski definition) is 3. The van der Waals surface area contributed by atoms with Crippen molar-refractivity contribution in [2.24, 2.45) is 5.92 Å². The van der Waals surface area contributed by atoms with Crippen LogP contribution in [0.4, 0.5) is 15.8 Å². The Balaban J connectivity index is 1.74. The van der Waals surface area contributed by atoms with Crippen LogP contribution in [-0.4, -0.2) is 25.9 Å². The van der Waals surface area contributed by atoms with Gasteiger partial charge in [0.1, 0.15) is 5.82 Å². The Morgan fingerprint density at radius 2 is 1.81 bits per heavy atom. The fourth-order valence-corrected chi connectivity index (χ4v) is 2.66. The maximum Gasteiger partial charge on any atom is 0.253 e. The molecule has 0 heterocycles. The lowest BCUT2D eigenvalue weighted by molar-refractivity contribution is -0.117. The van der Waals surface area contributed by atoms with Gasteiger partial charge in [0.2, 0.25) is 5.91 Å². The van der Waals surface area contributed by atoms with Gasteiger partial charge in [-0.05, 0) is 48.7 Å². The molecule has 1 aliphatic carbocycles. The predicted octanol–water partition coefficient (Wildman–Crippen LogP) is 3.17. The number of amides is 2. The van der Waals surface area contributed by atoms with E-state index in [-0.39, 0.29) is 23.5 Å². The highest BCUT2D eigenvalue weighted by molar-refractivity contribution is 6.02. The molecule has 0 aromatic heterocycles. The van der Waals surface area contributed by atoms with Crippen LogP contribution in [0.15, 0.2) is 42.5 Å². The summed E-state index contributed by atoms with van der Waals surface area (Å²) in [6, 6.07) is 11.3. The van der Waals surface area contributed by atoms with Gasteiger partial charge in [-0.2, -0.15) is 0 Å².